The van der Waals surface area contributed by atoms with Gasteiger partial charge < -0.3 is 11.1 Å². The second-order valence-corrected chi connectivity index (χ2v) is 6.28. The Morgan fingerprint density at radius 2 is 2.10 bits per heavy atom. The van der Waals surface area contributed by atoms with E-state index in [-0.39, 0.29) is 11.9 Å². The smallest absolute Gasteiger partial charge is 0.234 e. The summed E-state index contributed by atoms with van der Waals surface area (Å²) < 4.78 is 1.02. The molecule has 3 N–H and O–H groups in total. The van der Waals surface area contributed by atoms with Gasteiger partial charge in [0.2, 0.25) is 5.91 Å². The third-order valence-corrected chi connectivity index (χ3v) is 4.47. The molecule has 1 aromatic rings. The SMILES string of the molecule is C[C@@H](NC(=O)CN1CCC(N)CC1)c1ccccc1Br. The predicted molar refractivity (Wildman–Crippen MR) is 84.3 cm³/mol. The molecule has 0 saturated carbocycles. The zero-order valence-corrected chi connectivity index (χ0v) is 13.4. The zero-order valence-electron chi connectivity index (χ0n) is 11.8. The lowest BCUT2D eigenvalue weighted by Gasteiger charge is -2.29. The zero-order chi connectivity index (χ0) is 14.5. The van der Waals surface area contributed by atoms with E-state index in [9.17, 15) is 4.79 Å². The van der Waals surface area contributed by atoms with Gasteiger partial charge in [-0.25, -0.2) is 0 Å². The average molecular weight is 340 g/mol. The normalized spacial score (nSPS) is 18.8. The molecular formula is C15H22BrN3O. The number of amides is 1. The van der Waals surface area contributed by atoms with Crippen LogP contribution in [0.2, 0.25) is 0 Å². The summed E-state index contributed by atoms with van der Waals surface area (Å²) in [5, 5.41) is 3.05. The Hall–Kier alpha value is -0.910. The number of likely N-dealkylation sites (tertiary alicyclic amines) is 1. The lowest BCUT2D eigenvalue weighted by molar-refractivity contribution is -0.123. The minimum absolute atomic E-state index is 0.00474. The van der Waals surface area contributed by atoms with E-state index in [1.54, 1.807) is 0 Å². The van der Waals surface area contributed by atoms with Gasteiger partial charge >= 0.3 is 0 Å². The van der Waals surface area contributed by atoms with Crippen LogP contribution in [0.4, 0.5) is 0 Å². The summed E-state index contributed by atoms with van der Waals surface area (Å²) in [6.07, 6.45) is 1.96. The monoisotopic (exact) mass is 339 g/mol. The van der Waals surface area contributed by atoms with Gasteiger partial charge in [0.05, 0.1) is 12.6 Å². The van der Waals surface area contributed by atoms with Crippen molar-refractivity contribution in [3.05, 3.63) is 34.3 Å². The largest absolute Gasteiger partial charge is 0.348 e. The van der Waals surface area contributed by atoms with Gasteiger partial charge in [-0.3, -0.25) is 9.69 Å². The number of carbonyl (C=O) groups is 1. The molecule has 0 spiro atoms. The molecule has 0 bridgehead atoms. The van der Waals surface area contributed by atoms with Gasteiger partial charge in [0, 0.05) is 23.6 Å². The molecule has 4 nitrogen and oxygen atoms in total. The molecule has 1 aromatic carbocycles. The van der Waals surface area contributed by atoms with Gasteiger partial charge in [0.25, 0.3) is 0 Å². The van der Waals surface area contributed by atoms with Crippen molar-refractivity contribution < 1.29 is 4.79 Å². The van der Waals surface area contributed by atoms with E-state index in [1.807, 2.05) is 31.2 Å². The number of benzene rings is 1. The number of carbonyl (C=O) groups excluding carboxylic acids is 1. The fourth-order valence-electron chi connectivity index (χ4n) is 2.51. The van der Waals surface area contributed by atoms with Crippen LogP contribution in [0.15, 0.2) is 28.7 Å². The van der Waals surface area contributed by atoms with Crippen LogP contribution in [0.1, 0.15) is 31.4 Å². The van der Waals surface area contributed by atoms with Crippen molar-refractivity contribution in [2.45, 2.75) is 31.8 Å². The Kier molecular flexibility index (Phi) is 5.57. The van der Waals surface area contributed by atoms with Crippen LogP contribution in [-0.4, -0.2) is 36.5 Å². The summed E-state index contributed by atoms with van der Waals surface area (Å²) in [7, 11) is 0. The van der Waals surface area contributed by atoms with Crippen molar-refractivity contribution in [3.63, 3.8) is 0 Å². The van der Waals surface area contributed by atoms with Crippen LogP contribution in [0, 0.1) is 0 Å². The van der Waals surface area contributed by atoms with E-state index in [2.05, 4.69) is 26.1 Å². The first-order valence-electron chi connectivity index (χ1n) is 7.08. The summed E-state index contributed by atoms with van der Waals surface area (Å²) in [5.74, 6) is 0.0729. The molecule has 110 valence electrons. The number of halogens is 1. The maximum atomic E-state index is 12.1. The molecule has 0 aliphatic carbocycles. The highest BCUT2D eigenvalue weighted by Crippen LogP contribution is 2.22. The molecule has 2 rings (SSSR count). The van der Waals surface area contributed by atoms with Gasteiger partial charge in [0.1, 0.15) is 0 Å². The Morgan fingerprint density at radius 1 is 1.45 bits per heavy atom. The number of rotatable bonds is 4. The van der Waals surface area contributed by atoms with Crippen LogP contribution in [0.5, 0.6) is 0 Å². The maximum Gasteiger partial charge on any atom is 0.234 e. The lowest BCUT2D eigenvalue weighted by atomic mass is 10.1. The van der Waals surface area contributed by atoms with Crippen LogP contribution < -0.4 is 11.1 Å². The molecule has 0 unspecified atom stereocenters. The Labute approximate surface area is 128 Å². The Balaban J connectivity index is 1.84. The van der Waals surface area contributed by atoms with E-state index in [0.29, 0.717) is 12.6 Å². The minimum atomic E-state index is 0.00474. The molecule has 1 aliphatic heterocycles. The van der Waals surface area contributed by atoms with E-state index in [4.69, 9.17) is 5.73 Å². The van der Waals surface area contributed by atoms with E-state index in [1.165, 1.54) is 0 Å². The highest BCUT2D eigenvalue weighted by Gasteiger charge is 2.19. The molecule has 1 amide bonds. The van der Waals surface area contributed by atoms with Gasteiger partial charge in [-0.2, -0.15) is 0 Å². The van der Waals surface area contributed by atoms with Gasteiger partial charge in [-0.15, -0.1) is 0 Å². The van der Waals surface area contributed by atoms with Gasteiger partial charge in [-0.05, 0) is 31.4 Å². The average Bonchev–Trinajstić information content (AvgIpc) is 2.41. The van der Waals surface area contributed by atoms with Gasteiger partial charge in [-0.1, -0.05) is 34.1 Å². The number of nitrogens with two attached hydrogens (primary N) is 1. The van der Waals surface area contributed by atoms with Crippen LogP contribution in [-0.2, 0) is 4.79 Å². The molecule has 5 heteroatoms. The molecular weight excluding hydrogens is 318 g/mol. The molecule has 20 heavy (non-hydrogen) atoms. The van der Waals surface area contributed by atoms with Crippen LogP contribution >= 0.6 is 15.9 Å². The highest BCUT2D eigenvalue weighted by molar-refractivity contribution is 9.10. The number of hydrogen-bond donors (Lipinski definition) is 2. The van der Waals surface area contributed by atoms with Crippen LogP contribution in [0.3, 0.4) is 0 Å². The van der Waals surface area contributed by atoms with Crippen molar-refractivity contribution in [1.29, 1.82) is 0 Å². The quantitative estimate of drug-likeness (QED) is 0.882. The molecule has 0 aromatic heterocycles. The third-order valence-electron chi connectivity index (χ3n) is 3.75. The molecule has 1 atom stereocenters. The summed E-state index contributed by atoms with van der Waals surface area (Å²) in [5.41, 5.74) is 6.97. The van der Waals surface area contributed by atoms with Crippen molar-refractivity contribution >= 4 is 21.8 Å². The summed E-state index contributed by atoms with van der Waals surface area (Å²) in [6.45, 7) is 4.29. The predicted octanol–water partition coefficient (Wildman–Crippen LogP) is 2.05. The van der Waals surface area contributed by atoms with Crippen molar-refractivity contribution in [2.75, 3.05) is 19.6 Å². The standard InChI is InChI=1S/C15H22BrN3O/c1-11(13-4-2-3-5-14(13)16)18-15(20)10-19-8-6-12(17)7-9-19/h2-5,11-12H,6-10,17H2,1H3,(H,18,20)/t11-/m1/s1. The van der Waals surface area contributed by atoms with Crippen molar-refractivity contribution in [1.82, 2.24) is 10.2 Å². The first-order valence-corrected chi connectivity index (χ1v) is 7.87. The second-order valence-electron chi connectivity index (χ2n) is 5.42. The Bertz CT molecular complexity index is 458. The number of nitrogens with one attached hydrogen (secondary N) is 1. The fourth-order valence-corrected chi connectivity index (χ4v) is 3.13. The lowest BCUT2D eigenvalue weighted by Crippen LogP contribution is -2.44. The topological polar surface area (TPSA) is 58.4 Å². The van der Waals surface area contributed by atoms with Crippen LogP contribution in [0.25, 0.3) is 0 Å². The maximum absolute atomic E-state index is 12.1. The number of hydrogen-bond acceptors (Lipinski definition) is 3. The summed E-state index contributed by atoms with van der Waals surface area (Å²) in [6, 6.07) is 8.27. The van der Waals surface area contributed by atoms with E-state index in [0.717, 1.165) is 36.0 Å². The van der Waals surface area contributed by atoms with Crippen molar-refractivity contribution in [2.24, 2.45) is 5.73 Å². The Morgan fingerprint density at radius 3 is 2.75 bits per heavy atom. The first kappa shape index (κ1) is 15.5. The fraction of sp³-hybridized carbons (Fsp3) is 0.533. The minimum Gasteiger partial charge on any atom is -0.348 e. The number of piperidine rings is 1. The molecule has 1 heterocycles. The first-order chi connectivity index (χ1) is 9.56. The summed E-state index contributed by atoms with van der Waals surface area (Å²) >= 11 is 3.52. The molecule has 1 fully saturated rings. The highest BCUT2D eigenvalue weighted by atomic mass is 79.9. The van der Waals surface area contributed by atoms with E-state index >= 15 is 0 Å². The second kappa shape index (κ2) is 7.20. The summed E-state index contributed by atoms with van der Waals surface area (Å²) in [4.78, 5) is 14.3. The van der Waals surface area contributed by atoms with E-state index < -0.39 is 0 Å². The molecule has 1 aliphatic rings. The van der Waals surface area contributed by atoms with Crippen molar-refractivity contribution in [3.8, 4) is 0 Å². The molecule has 1 saturated heterocycles. The molecule has 0 radical (unpaired) electrons. The third kappa shape index (κ3) is 4.30. The number of nitrogens with zero attached hydrogens (tertiary/aromatic N) is 1. The van der Waals surface area contributed by atoms with Gasteiger partial charge in [0.15, 0.2) is 0 Å².